The van der Waals surface area contributed by atoms with E-state index in [2.05, 4.69) is 35.4 Å². The van der Waals surface area contributed by atoms with E-state index >= 15 is 0 Å². The van der Waals surface area contributed by atoms with Crippen LogP contribution in [0.5, 0.6) is 0 Å². The first-order valence-corrected chi connectivity index (χ1v) is 11.1. The van der Waals surface area contributed by atoms with Crippen molar-refractivity contribution >= 4 is 24.3 Å². The summed E-state index contributed by atoms with van der Waals surface area (Å²) < 4.78 is 12.5. The number of carbonyl (C=O) groups is 1. The fraction of sp³-hybridized carbons (Fsp3) is 0.227. The average molecular weight is 397 g/mol. The van der Waals surface area contributed by atoms with E-state index < -0.39 is 19.5 Å². The molecule has 0 aliphatic heterocycles. The van der Waals surface area contributed by atoms with E-state index in [1.54, 1.807) is 30.3 Å². The van der Waals surface area contributed by atoms with E-state index in [1.165, 1.54) is 16.3 Å². The first-order chi connectivity index (χ1) is 13.4. The molecule has 3 N–H and O–H groups in total. The van der Waals surface area contributed by atoms with Gasteiger partial charge in [0, 0.05) is 6.16 Å². The number of aryl methyl sites for hydroxylation is 1. The average Bonchev–Trinajstić information content (AvgIpc) is 2.70. The maximum Gasteiger partial charge on any atom is 0.325 e. The molecule has 2 atom stereocenters. The van der Waals surface area contributed by atoms with Crippen LogP contribution in [0.3, 0.4) is 0 Å². The summed E-state index contributed by atoms with van der Waals surface area (Å²) in [6.45, 7) is 0. The molecule has 0 aliphatic carbocycles. The van der Waals surface area contributed by atoms with Gasteiger partial charge in [0.15, 0.2) is 0 Å². The number of carboxylic acids is 1. The van der Waals surface area contributed by atoms with Gasteiger partial charge in [-0.2, -0.15) is 0 Å². The summed E-state index contributed by atoms with van der Waals surface area (Å²) in [6.07, 6.45) is 2.14. The molecule has 0 saturated carbocycles. The van der Waals surface area contributed by atoms with Crippen LogP contribution >= 0.6 is 7.52 Å². The lowest BCUT2D eigenvalue weighted by atomic mass is 10.0. The van der Waals surface area contributed by atoms with Crippen molar-refractivity contribution in [1.82, 2.24) is 5.09 Å². The van der Waals surface area contributed by atoms with E-state index in [1.807, 2.05) is 12.1 Å². The Labute approximate surface area is 164 Å². The summed E-state index contributed by atoms with van der Waals surface area (Å²) in [4.78, 5) is 21.7. The highest BCUT2D eigenvalue weighted by atomic mass is 31.2. The maximum atomic E-state index is 12.5. The van der Waals surface area contributed by atoms with Gasteiger partial charge in [-0.05, 0) is 41.2 Å². The first kappa shape index (κ1) is 20.3. The van der Waals surface area contributed by atoms with Gasteiger partial charge >= 0.3 is 5.97 Å². The lowest BCUT2D eigenvalue weighted by molar-refractivity contribution is -0.139. The Morgan fingerprint density at radius 1 is 0.929 bits per heavy atom. The Kier molecular flexibility index (Phi) is 6.63. The standard InChI is InChI=1S/C22H24NO4P/c24-22(25)21(19-10-2-1-3-11-19)23-28(26,27)15-7-6-8-17-13-14-18-9-4-5-12-20(18)16-17/h1-5,9-14,16,21H,6-8,15H2,(H,24,25)(H2,23,26,27). The van der Waals surface area contributed by atoms with E-state index in [9.17, 15) is 19.4 Å². The smallest absolute Gasteiger partial charge is 0.325 e. The van der Waals surface area contributed by atoms with Crippen molar-refractivity contribution in [2.45, 2.75) is 25.3 Å². The van der Waals surface area contributed by atoms with Gasteiger partial charge in [0.25, 0.3) is 7.52 Å². The molecular formula is C22H24NO4P. The summed E-state index contributed by atoms with van der Waals surface area (Å²) in [7, 11) is -3.76. The second-order valence-electron chi connectivity index (χ2n) is 6.87. The minimum Gasteiger partial charge on any atom is -0.480 e. The Hall–Kier alpha value is -2.46. The summed E-state index contributed by atoms with van der Waals surface area (Å²) in [5.41, 5.74) is 1.65. The number of carboxylic acid groups (broad SMARTS) is 1. The Balaban J connectivity index is 1.53. The van der Waals surface area contributed by atoms with Crippen molar-refractivity contribution in [3.05, 3.63) is 83.9 Å². The van der Waals surface area contributed by atoms with Crippen LogP contribution in [-0.2, 0) is 15.8 Å². The zero-order chi connectivity index (χ0) is 20.0. The van der Waals surface area contributed by atoms with Gasteiger partial charge < -0.3 is 10.00 Å². The van der Waals surface area contributed by atoms with Crippen LogP contribution in [0.25, 0.3) is 10.8 Å². The zero-order valence-electron chi connectivity index (χ0n) is 15.5. The molecule has 28 heavy (non-hydrogen) atoms. The summed E-state index contributed by atoms with van der Waals surface area (Å²) in [5, 5.41) is 14.2. The molecule has 0 radical (unpaired) electrons. The minimum atomic E-state index is -3.76. The number of benzene rings is 3. The van der Waals surface area contributed by atoms with Gasteiger partial charge in [0.1, 0.15) is 6.04 Å². The van der Waals surface area contributed by atoms with Crippen LogP contribution in [0.1, 0.15) is 30.0 Å². The predicted molar refractivity (Wildman–Crippen MR) is 112 cm³/mol. The minimum absolute atomic E-state index is 0.0389. The van der Waals surface area contributed by atoms with Crippen molar-refractivity contribution in [1.29, 1.82) is 0 Å². The molecule has 3 rings (SSSR count). The van der Waals surface area contributed by atoms with Crippen LogP contribution in [0, 0.1) is 0 Å². The molecule has 3 aromatic rings. The number of fused-ring (bicyclic) bond motifs is 1. The second-order valence-corrected chi connectivity index (χ2v) is 8.98. The molecule has 0 fully saturated rings. The maximum absolute atomic E-state index is 12.5. The Morgan fingerprint density at radius 3 is 2.32 bits per heavy atom. The molecule has 0 spiro atoms. The highest BCUT2D eigenvalue weighted by Gasteiger charge is 2.28. The van der Waals surface area contributed by atoms with Gasteiger partial charge in [-0.1, -0.05) is 72.8 Å². The van der Waals surface area contributed by atoms with Gasteiger partial charge in [-0.15, -0.1) is 0 Å². The van der Waals surface area contributed by atoms with Gasteiger partial charge in [-0.3, -0.25) is 9.36 Å². The third kappa shape index (κ3) is 5.52. The normalized spacial score (nSPS) is 14.5. The summed E-state index contributed by atoms with van der Waals surface area (Å²) in [6, 6.07) is 21.7. The molecule has 0 amide bonds. The first-order valence-electron chi connectivity index (χ1n) is 9.30. The molecular weight excluding hydrogens is 373 g/mol. The molecule has 6 heteroatoms. The van der Waals surface area contributed by atoms with E-state index in [0.717, 1.165) is 12.8 Å². The van der Waals surface area contributed by atoms with Crippen molar-refractivity contribution in [3.63, 3.8) is 0 Å². The molecule has 146 valence electrons. The molecule has 0 aliphatic rings. The number of rotatable bonds is 9. The van der Waals surface area contributed by atoms with E-state index in [0.29, 0.717) is 12.0 Å². The number of aliphatic carboxylic acids is 1. The van der Waals surface area contributed by atoms with E-state index in [4.69, 9.17) is 0 Å². The molecule has 5 nitrogen and oxygen atoms in total. The Bertz CT molecular complexity index is 990. The SMILES string of the molecule is O=C(O)C(NP(=O)(O)CCCCc1ccc2ccccc2c1)c1ccccc1. The summed E-state index contributed by atoms with van der Waals surface area (Å²) in [5.74, 6) is -1.17. The fourth-order valence-corrected chi connectivity index (χ4v) is 4.68. The number of nitrogens with one attached hydrogen (secondary N) is 1. The molecule has 0 heterocycles. The monoisotopic (exact) mass is 397 g/mol. The van der Waals surface area contributed by atoms with Crippen LogP contribution in [0.4, 0.5) is 0 Å². The molecule has 0 aromatic heterocycles. The van der Waals surface area contributed by atoms with Crippen molar-refractivity contribution in [2.75, 3.05) is 6.16 Å². The zero-order valence-corrected chi connectivity index (χ0v) is 16.4. The third-order valence-electron chi connectivity index (χ3n) is 4.70. The van der Waals surface area contributed by atoms with Gasteiger partial charge in [0.05, 0.1) is 0 Å². The van der Waals surface area contributed by atoms with Crippen LogP contribution in [0.15, 0.2) is 72.8 Å². The predicted octanol–water partition coefficient (Wildman–Crippen LogP) is 4.76. The van der Waals surface area contributed by atoms with Crippen molar-refractivity contribution in [2.24, 2.45) is 0 Å². The van der Waals surface area contributed by atoms with Crippen molar-refractivity contribution < 1.29 is 19.4 Å². The quantitative estimate of drug-likeness (QED) is 0.358. The molecule has 0 saturated heterocycles. The highest BCUT2D eigenvalue weighted by Crippen LogP contribution is 2.40. The molecule has 2 unspecified atom stereocenters. The van der Waals surface area contributed by atoms with Crippen LogP contribution in [0.2, 0.25) is 0 Å². The number of hydrogen-bond acceptors (Lipinski definition) is 2. The van der Waals surface area contributed by atoms with E-state index in [-0.39, 0.29) is 6.16 Å². The van der Waals surface area contributed by atoms with Gasteiger partial charge in [0.2, 0.25) is 0 Å². The largest absolute Gasteiger partial charge is 0.480 e. The topological polar surface area (TPSA) is 86.6 Å². The molecule has 0 bridgehead atoms. The highest BCUT2D eigenvalue weighted by molar-refractivity contribution is 7.55. The van der Waals surface area contributed by atoms with Crippen LogP contribution < -0.4 is 5.09 Å². The van der Waals surface area contributed by atoms with Crippen molar-refractivity contribution in [3.8, 4) is 0 Å². The summed E-state index contributed by atoms with van der Waals surface area (Å²) >= 11 is 0. The third-order valence-corrected chi connectivity index (χ3v) is 6.29. The Morgan fingerprint density at radius 2 is 1.61 bits per heavy atom. The number of unbranched alkanes of at least 4 members (excludes halogenated alkanes) is 1. The van der Waals surface area contributed by atoms with Gasteiger partial charge in [-0.25, -0.2) is 5.09 Å². The lowest BCUT2D eigenvalue weighted by Gasteiger charge is -2.19. The molecule has 3 aromatic carbocycles. The second kappa shape index (κ2) is 9.16. The number of hydrogen-bond donors (Lipinski definition) is 3. The van der Waals surface area contributed by atoms with Crippen LogP contribution in [-0.4, -0.2) is 22.1 Å². The lowest BCUT2D eigenvalue weighted by Crippen LogP contribution is -2.27. The fourth-order valence-electron chi connectivity index (χ4n) is 3.23.